The molecule has 0 spiro atoms. The predicted octanol–water partition coefficient (Wildman–Crippen LogP) is 3.70. The number of hydrogen-bond acceptors (Lipinski definition) is 6. The minimum Gasteiger partial charge on any atom is -0.493 e. The lowest BCUT2D eigenvalue weighted by molar-refractivity contribution is -0.119. The van der Waals surface area contributed by atoms with Crippen molar-refractivity contribution in [3.05, 3.63) is 83.4 Å². The molecule has 0 aliphatic carbocycles. The molecule has 0 radical (unpaired) electrons. The van der Waals surface area contributed by atoms with Gasteiger partial charge in [0.25, 0.3) is 15.9 Å². The third kappa shape index (κ3) is 5.63. The highest BCUT2D eigenvalue weighted by atomic mass is 35.5. The highest BCUT2D eigenvalue weighted by molar-refractivity contribution is 7.92. The zero-order valence-electron chi connectivity index (χ0n) is 17.9. The first kappa shape index (κ1) is 24.1. The fourth-order valence-electron chi connectivity index (χ4n) is 3.03. The van der Waals surface area contributed by atoms with E-state index in [1.165, 1.54) is 38.6 Å². The van der Waals surface area contributed by atoms with Crippen molar-refractivity contribution >= 4 is 39.4 Å². The summed E-state index contributed by atoms with van der Waals surface area (Å²) in [5.74, 6) is 0.293. The number of benzene rings is 3. The van der Waals surface area contributed by atoms with Crippen LogP contribution in [0.15, 0.2) is 82.8 Å². The molecule has 0 aliphatic rings. The molecule has 0 bridgehead atoms. The maximum atomic E-state index is 13.3. The quantitative estimate of drug-likeness (QED) is 0.366. The summed E-state index contributed by atoms with van der Waals surface area (Å²) in [7, 11) is -1.07. The first-order valence-corrected chi connectivity index (χ1v) is 11.6. The molecular formula is C23H22ClN3O5S. The number of nitrogens with one attached hydrogen (secondary N) is 1. The molecule has 0 atom stereocenters. The average molecular weight is 488 g/mol. The van der Waals surface area contributed by atoms with E-state index in [4.69, 9.17) is 21.1 Å². The lowest BCUT2D eigenvalue weighted by atomic mass is 10.2. The second-order valence-corrected chi connectivity index (χ2v) is 8.92. The van der Waals surface area contributed by atoms with Crippen LogP contribution in [-0.4, -0.2) is 41.3 Å². The fourth-order valence-corrected chi connectivity index (χ4v) is 4.78. The number of sulfonamides is 1. The monoisotopic (exact) mass is 487 g/mol. The average Bonchev–Trinajstić information content (AvgIpc) is 2.83. The van der Waals surface area contributed by atoms with E-state index in [1.54, 1.807) is 54.6 Å². The van der Waals surface area contributed by atoms with E-state index in [9.17, 15) is 13.2 Å². The summed E-state index contributed by atoms with van der Waals surface area (Å²) in [6.07, 6.45) is 1.38. The Hall–Kier alpha value is -3.56. The Balaban J connectivity index is 1.85. The summed E-state index contributed by atoms with van der Waals surface area (Å²) >= 11 is 6.25. The molecule has 33 heavy (non-hydrogen) atoms. The van der Waals surface area contributed by atoms with E-state index in [-0.39, 0.29) is 15.6 Å². The summed E-state index contributed by atoms with van der Waals surface area (Å²) in [4.78, 5) is 12.7. The Labute approximate surface area is 197 Å². The Bertz CT molecular complexity index is 1250. The Morgan fingerprint density at radius 3 is 2.36 bits per heavy atom. The number of carbonyl (C=O) groups is 1. The molecule has 0 aliphatic heterocycles. The number of hydrogen-bond donors (Lipinski definition) is 1. The maximum Gasteiger partial charge on any atom is 0.264 e. The van der Waals surface area contributed by atoms with Crippen LogP contribution in [-0.2, 0) is 14.8 Å². The number of halogens is 1. The second-order valence-electron chi connectivity index (χ2n) is 6.65. The molecule has 0 saturated heterocycles. The van der Waals surface area contributed by atoms with Crippen molar-refractivity contribution in [2.75, 3.05) is 25.1 Å². The molecule has 1 N–H and O–H groups in total. The van der Waals surface area contributed by atoms with E-state index in [0.717, 1.165) is 4.31 Å². The molecule has 172 valence electrons. The van der Waals surface area contributed by atoms with Gasteiger partial charge >= 0.3 is 0 Å². The van der Waals surface area contributed by atoms with Crippen molar-refractivity contribution in [1.29, 1.82) is 0 Å². The maximum absolute atomic E-state index is 13.3. The van der Waals surface area contributed by atoms with Gasteiger partial charge in [-0.3, -0.25) is 9.10 Å². The largest absolute Gasteiger partial charge is 0.493 e. The van der Waals surface area contributed by atoms with E-state index in [0.29, 0.717) is 17.1 Å². The molecule has 3 rings (SSSR count). The number of hydrazone groups is 1. The fraction of sp³-hybridized carbons (Fsp3) is 0.130. The smallest absolute Gasteiger partial charge is 0.264 e. The van der Waals surface area contributed by atoms with Crippen molar-refractivity contribution in [3.63, 3.8) is 0 Å². The molecule has 0 heterocycles. The van der Waals surface area contributed by atoms with Crippen LogP contribution < -0.4 is 19.2 Å². The van der Waals surface area contributed by atoms with Crippen molar-refractivity contribution in [3.8, 4) is 11.5 Å². The molecule has 3 aromatic carbocycles. The van der Waals surface area contributed by atoms with Gasteiger partial charge < -0.3 is 9.47 Å². The van der Waals surface area contributed by atoms with Gasteiger partial charge in [-0.1, -0.05) is 48.0 Å². The molecule has 3 aromatic rings. The van der Waals surface area contributed by atoms with Gasteiger partial charge in [0.15, 0.2) is 11.5 Å². The van der Waals surface area contributed by atoms with Gasteiger partial charge in [-0.2, -0.15) is 5.10 Å². The van der Waals surface area contributed by atoms with Crippen LogP contribution in [0.25, 0.3) is 0 Å². The van der Waals surface area contributed by atoms with Gasteiger partial charge in [0.2, 0.25) is 0 Å². The third-order valence-electron chi connectivity index (χ3n) is 4.57. The number of amides is 1. The van der Waals surface area contributed by atoms with Crippen LogP contribution in [0.3, 0.4) is 0 Å². The van der Waals surface area contributed by atoms with Crippen LogP contribution in [0.5, 0.6) is 11.5 Å². The third-order valence-corrected chi connectivity index (χ3v) is 6.66. The van der Waals surface area contributed by atoms with Crippen molar-refractivity contribution in [1.82, 2.24) is 5.43 Å². The number of methoxy groups -OCH3 is 2. The minimum absolute atomic E-state index is 0.0299. The molecule has 0 saturated carbocycles. The van der Waals surface area contributed by atoms with Gasteiger partial charge in [0, 0.05) is 5.56 Å². The van der Waals surface area contributed by atoms with E-state index in [2.05, 4.69) is 10.5 Å². The lowest BCUT2D eigenvalue weighted by Gasteiger charge is -2.24. The Kier molecular flexibility index (Phi) is 7.92. The second kappa shape index (κ2) is 10.8. The highest BCUT2D eigenvalue weighted by Gasteiger charge is 2.28. The summed E-state index contributed by atoms with van der Waals surface area (Å²) in [5.41, 5.74) is 3.09. The SMILES string of the molecule is COc1cccc(/C=N\NC(=O)CN(c2ccccc2Cl)S(=O)(=O)c2ccccc2)c1OC. The summed E-state index contributed by atoms with van der Waals surface area (Å²) in [6, 6.07) is 19.4. The van der Waals surface area contributed by atoms with Gasteiger partial charge in [0.1, 0.15) is 6.54 Å². The van der Waals surface area contributed by atoms with Crippen LogP contribution in [0.1, 0.15) is 5.56 Å². The molecular weight excluding hydrogens is 466 g/mol. The topological polar surface area (TPSA) is 97.3 Å². The van der Waals surface area contributed by atoms with Crippen LogP contribution >= 0.6 is 11.6 Å². The first-order valence-electron chi connectivity index (χ1n) is 9.73. The van der Waals surface area contributed by atoms with Gasteiger partial charge in [-0.15, -0.1) is 0 Å². The Morgan fingerprint density at radius 2 is 1.70 bits per heavy atom. The molecule has 10 heteroatoms. The van der Waals surface area contributed by atoms with Crippen molar-refractivity contribution < 1.29 is 22.7 Å². The highest BCUT2D eigenvalue weighted by Crippen LogP contribution is 2.31. The van der Waals surface area contributed by atoms with Crippen LogP contribution in [0.2, 0.25) is 5.02 Å². The zero-order valence-corrected chi connectivity index (χ0v) is 19.5. The number of rotatable bonds is 9. The van der Waals surface area contributed by atoms with Crippen LogP contribution in [0, 0.1) is 0 Å². The first-order chi connectivity index (χ1) is 15.9. The van der Waals surface area contributed by atoms with E-state index < -0.39 is 22.5 Å². The van der Waals surface area contributed by atoms with E-state index in [1.807, 2.05) is 0 Å². The molecule has 8 nitrogen and oxygen atoms in total. The predicted molar refractivity (Wildman–Crippen MR) is 128 cm³/mol. The number of para-hydroxylation sites is 2. The molecule has 0 aromatic heterocycles. The molecule has 0 unspecified atom stereocenters. The van der Waals surface area contributed by atoms with Gasteiger partial charge in [0.05, 0.1) is 36.0 Å². The molecule has 0 fully saturated rings. The Morgan fingerprint density at radius 1 is 1.00 bits per heavy atom. The summed E-state index contributed by atoms with van der Waals surface area (Å²) in [5, 5.41) is 4.12. The zero-order chi connectivity index (χ0) is 23.8. The number of nitrogens with zero attached hydrogens (tertiary/aromatic N) is 2. The molecule has 1 amide bonds. The summed E-state index contributed by atoms with van der Waals surface area (Å²) in [6.45, 7) is -0.534. The van der Waals surface area contributed by atoms with Crippen molar-refractivity contribution in [2.24, 2.45) is 5.10 Å². The van der Waals surface area contributed by atoms with Gasteiger partial charge in [-0.05, 0) is 36.4 Å². The minimum atomic E-state index is -4.07. The number of carbonyl (C=O) groups excluding carboxylic acids is 1. The lowest BCUT2D eigenvalue weighted by Crippen LogP contribution is -2.39. The standard InChI is InChI=1S/C23H22ClN3O5S/c1-31-21-14-8-9-17(23(21)32-2)15-25-26-22(28)16-27(20-13-7-6-12-19(20)24)33(29,30)18-10-4-3-5-11-18/h3-15H,16H2,1-2H3,(H,26,28)/b25-15-. The van der Waals surface area contributed by atoms with Gasteiger partial charge in [-0.25, -0.2) is 13.8 Å². The van der Waals surface area contributed by atoms with Crippen LogP contribution in [0.4, 0.5) is 5.69 Å². The summed E-state index contributed by atoms with van der Waals surface area (Å²) < 4.78 is 38.1. The normalized spacial score (nSPS) is 11.2. The number of ether oxygens (including phenoxy) is 2. The number of anilines is 1. The van der Waals surface area contributed by atoms with Crippen molar-refractivity contribution in [2.45, 2.75) is 4.90 Å². The van der Waals surface area contributed by atoms with E-state index >= 15 is 0 Å².